The summed E-state index contributed by atoms with van der Waals surface area (Å²) in [7, 11) is 0. The van der Waals surface area contributed by atoms with Crippen molar-refractivity contribution in [3.05, 3.63) is 0 Å². The van der Waals surface area contributed by atoms with Gasteiger partial charge in [0.2, 0.25) is 0 Å². The zero-order valence-corrected chi connectivity index (χ0v) is 13.6. The van der Waals surface area contributed by atoms with E-state index < -0.39 is 55.4 Å². The number of hydrogen-bond acceptors (Lipinski definition) is 8. The molecule has 0 aromatic rings. The molecule has 8 nitrogen and oxygen atoms in total. The van der Waals surface area contributed by atoms with Gasteiger partial charge in [-0.05, 0) is 6.92 Å². The Balaban J connectivity index is 2.11. The van der Waals surface area contributed by atoms with Gasteiger partial charge in [-0.15, -0.1) is 0 Å². The van der Waals surface area contributed by atoms with Crippen molar-refractivity contribution >= 4 is 0 Å². The third kappa shape index (κ3) is 3.69. The lowest BCUT2D eigenvalue weighted by Gasteiger charge is -2.46. The summed E-state index contributed by atoms with van der Waals surface area (Å²) in [6, 6.07) is 0. The number of ether oxygens (including phenoxy) is 3. The largest absolute Gasteiger partial charge is 0.394 e. The first kappa shape index (κ1) is 19.0. The number of aliphatic hydroxyl groups is 5. The van der Waals surface area contributed by atoms with E-state index in [0.717, 1.165) is 0 Å². The van der Waals surface area contributed by atoms with Crippen LogP contribution in [-0.4, -0.2) is 87.8 Å². The van der Waals surface area contributed by atoms with E-state index in [4.69, 9.17) is 14.2 Å². The fraction of sp³-hybridized carbons (Fsp3) is 1.00. The van der Waals surface area contributed by atoms with Crippen LogP contribution in [0.2, 0.25) is 0 Å². The molecule has 2 aliphatic rings. The second-order valence-corrected chi connectivity index (χ2v) is 6.58. The van der Waals surface area contributed by atoms with Crippen LogP contribution >= 0.6 is 0 Å². The van der Waals surface area contributed by atoms with Gasteiger partial charge in [0.15, 0.2) is 6.29 Å². The summed E-state index contributed by atoms with van der Waals surface area (Å²) in [5, 5.41) is 49.1. The van der Waals surface area contributed by atoms with Gasteiger partial charge in [0.05, 0.1) is 31.5 Å². The molecule has 10 atom stereocenters. The maximum atomic E-state index is 10.4. The van der Waals surface area contributed by atoms with Crippen LogP contribution in [0.15, 0.2) is 0 Å². The lowest BCUT2D eigenvalue weighted by Crippen LogP contribution is -2.60. The highest BCUT2D eigenvalue weighted by molar-refractivity contribution is 4.92. The Morgan fingerprint density at radius 3 is 1.96 bits per heavy atom. The zero-order valence-electron chi connectivity index (χ0n) is 13.6. The van der Waals surface area contributed by atoms with Gasteiger partial charge in [-0.1, -0.05) is 13.8 Å². The Hall–Kier alpha value is -0.320. The molecule has 2 heterocycles. The molecule has 0 spiro atoms. The summed E-state index contributed by atoms with van der Waals surface area (Å²) in [6.07, 6.45) is -6.91. The van der Waals surface area contributed by atoms with Crippen molar-refractivity contribution in [3.8, 4) is 0 Å². The second kappa shape index (κ2) is 7.71. The fourth-order valence-electron chi connectivity index (χ4n) is 3.12. The van der Waals surface area contributed by atoms with E-state index in [9.17, 15) is 25.5 Å². The molecule has 23 heavy (non-hydrogen) atoms. The van der Waals surface area contributed by atoms with E-state index in [1.165, 1.54) is 0 Å². The lowest BCUT2D eigenvalue weighted by atomic mass is 9.88. The van der Waals surface area contributed by atoms with Crippen LogP contribution in [-0.2, 0) is 14.2 Å². The predicted molar refractivity (Wildman–Crippen MR) is 78.4 cm³/mol. The molecule has 5 N–H and O–H groups in total. The number of aliphatic hydroxyl groups excluding tert-OH is 5. The van der Waals surface area contributed by atoms with Crippen LogP contribution in [0.25, 0.3) is 0 Å². The molecule has 2 saturated heterocycles. The molecule has 0 amide bonds. The minimum atomic E-state index is -1.21. The van der Waals surface area contributed by atoms with Gasteiger partial charge < -0.3 is 39.7 Å². The van der Waals surface area contributed by atoms with Gasteiger partial charge in [-0.3, -0.25) is 0 Å². The molecule has 136 valence electrons. The average molecular weight is 336 g/mol. The quantitative estimate of drug-likeness (QED) is 0.408. The normalized spacial score (nSPS) is 51.7. The van der Waals surface area contributed by atoms with Crippen molar-refractivity contribution in [2.45, 2.75) is 69.8 Å². The fourth-order valence-corrected chi connectivity index (χ4v) is 3.12. The van der Waals surface area contributed by atoms with Crippen molar-refractivity contribution in [3.63, 3.8) is 0 Å². The van der Waals surface area contributed by atoms with Crippen molar-refractivity contribution in [2.75, 3.05) is 13.2 Å². The highest BCUT2D eigenvalue weighted by Gasteiger charge is 2.47. The van der Waals surface area contributed by atoms with Crippen molar-refractivity contribution in [1.82, 2.24) is 0 Å². The smallest absolute Gasteiger partial charge is 0.163 e. The highest BCUT2D eigenvalue weighted by atomic mass is 16.7. The number of hydrogen-bond donors (Lipinski definition) is 5. The van der Waals surface area contributed by atoms with Gasteiger partial charge >= 0.3 is 0 Å². The van der Waals surface area contributed by atoms with E-state index in [1.807, 2.05) is 13.8 Å². The maximum absolute atomic E-state index is 10.4. The molecule has 0 aliphatic carbocycles. The molecule has 2 fully saturated rings. The summed E-state index contributed by atoms with van der Waals surface area (Å²) >= 11 is 0. The standard InChI is InChI=1S/C15H28O8/c1-6-8(3)21-10(5-17)14(12(6)19)23-15-7(2)11(18)13(20)9(4-16)22-15/h6-20H,4-5H2,1-3H3/t6?,7-,8?,9?,10?,11?,12+,13+,14+,15-/m0/s1. The molecule has 2 aliphatic heterocycles. The van der Waals surface area contributed by atoms with E-state index in [1.54, 1.807) is 6.92 Å². The molecule has 0 aromatic carbocycles. The third-order valence-corrected chi connectivity index (χ3v) is 5.03. The van der Waals surface area contributed by atoms with E-state index in [-0.39, 0.29) is 18.6 Å². The first-order valence-electron chi connectivity index (χ1n) is 8.04. The molecule has 2 rings (SSSR count). The molecule has 0 radical (unpaired) electrons. The molecule has 8 heteroatoms. The van der Waals surface area contributed by atoms with Gasteiger partial charge in [0.1, 0.15) is 24.4 Å². The highest BCUT2D eigenvalue weighted by Crippen LogP contribution is 2.33. The van der Waals surface area contributed by atoms with Gasteiger partial charge in [0.25, 0.3) is 0 Å². The summed E-state index contributed by atoms with van der Waals surface area (Å²) in [5.74, 6) is -0.778. The summed E-state index contributed by atoms with van der Waals surface area (Å²) < 4.78 is 17.0. The first-order valence-corrected chi connectivity index (χ1v) is 8.04. The van der Waals surface area contributed by atoms with Gasteiger partial charge in [0, 0.05) is 11.8 Å². The average Bonchev–Trinajstić information content (AvgIpc) is 2.55. The van der Waals surface area contributed by atoms with Crippen molar-refractivity contribution in [1.29, 1.82) is 0 Å². The monoisotopic (exact) mass is 336 g/mol. The summed E-state index contributed by atoms with van der Waals surface area (Å²) in [5.41, 5.74) is 0. The predicted octanol–water partition coefficient (Wildman–Crippen LogP) is -1.78. The van der Waals surface area contributed by atoms with Crippen LogP contribution < -0.4 is 0 Å². The third-order valence-electron chi connectivity index (χ3n) is 5.03. The Kier molecular flexibility index (Phi) is 6.37. The SMILES string of the molecule is CC1OC(CO)[C@@H](O[C@@H]2OC(CO)[C@@H](O)C(O)[C@@H]2C)[C@H](O)C1C. The summed E-state index contributed by atoms with van der Waals surface area (Å²) in [6.45, 7) is 4.48. The first-order chi connectivity index (χ1) is 10.8. The van der Waals surface area contributed by atoms with Crippen LogP contribution in [0.4, 0.5) is 0 Å². The van der Waals surface area contributed by atoms with Gasteiger partial charge in [-0.2, -0.15) is 0 Å². The minimum absolute atomic E-state index is 0.203. The molecular weight excluding hydrogens is 308 g/mol. The summed E-state index contributed by atoms with van der Waals surface area (Å²) in [4.78, 5) is 0. The second-order valence-electron chi connectivity index (χ2n) is 6.58. The van der Waals surface area contributed by atoms with E-state index >= 15 is 0 Å². The maximum Gasteiger partial charge on any atom is 0.163 e. The topological polar surface area (TPSA) is 129 Å². The van der Waals surface area contributed by atoms with E-state index in [0.29, 0.717) is 0 Å². The number of rotatable bonds is 4. The molecule has 0 bridgehead atoms. The van der Waals surface area contributed by atoms with E-state index in [2.05, 4.69) is 0 Å². The molecule has 5 unspecified atom stereocenters. The van der Waals surface area contributed by atoms with Crippen LogP contribution in [0.1, 0.15) is 20.8 Å². The lowest BCUT2D eigenvalue weighted by molar-refractivity contribution is -0.325. The Labute approximate surface area is 135 Å². The zero-order chi connectivity index (χ0) is 17.3. The minimum Gasteiger partial charge on any atom is -0.394 e. The van der Waals surface area contributed by atoms with Crippen molar-refractivity contribution in [2.24, 2.45) is 11.8 Å². The van der Waals surface area contributed by atoms with Crippen molar-refractivity contribution < 1.29 is 39.7 Å². The molecule has 0 aromatic heterocycles. The molecule has 0 saturated carbocycles. The van der Waals surface area contributed by atoms with Crippen LogP contribution in [0, 0.1) is 11.8 Å². The van der Waals surface area contributed by atoms with Crippen LogP contribution in [0.5, 0.6) is 0 Å². The van der Waals surface area contributed by atoms with Gasteiger partial charge in [-0.25, -0.2) is 0 Å². The Bertz CT molecular complexity index is 376. The van der Waals surface area contributed by atoms with Crippen LogP contribution in [0.3, 0.4) is 0 Å². The Morgan fingerprint density at radius 2 is 1.39 bits per heavy atom. The Morgan fingerprint density at radius 1 is 0.783 bits per heavy atom. The molecular formula is C15H28O8.